The Hall–Kier alpha value is -2.37. The fourth-order valence-electron chi connectivity index (χ4n) is 1.23. The van der Waals surface area contributed by atoms with Crippen LogP contribution < -0.4 is 11.5 Å². The van der Waals surface area contributed by atoms with Gasteiger partial charge in [0.05, 0.1) is 18.4 Å². The van der Waals surface area contributed by atoms with E-state index in [1.165, 1.54) is 4.80 Å². The molecule has 2 rings (SSSR count). The van der Waals surface area contributed by atoms with Gasteiger partial charge < -0.3 is 11.5 Å². The minimum Gasteiger partial charge on any atom is -0.370 e. The van der Waals surface area contributed by atoms with Gasteiger partial charge in [-0.3, -0.25) is 0 Å². The second-order valence-electron chi connectivity index (χ2n) is 3.20. The van der Waals surface area contributed by atoms with Gasteiger partial charge in [-0.25, -0.2) is 4.99 Å². The lowest BCUT2D eigenvalue weighted by Gasteiger charge is -1.96. The number of hydrogen-bond acceptors (Lipinski definition) is 3. The highest BCUT2D eigenvalue weighted by molar-refractivity contribution is 5.75. The molecule has 0 bridgehead atoms. The minimum atomic E-state index is 0.0502. The van der Waals surface area contributed by atoms with Crippen LogP contribution in [-0.2, 0) is 6.54 Å². The molecule has 0 unspecified atom stereocenters. The number of guanidine groups is 1. The van der Waals surface area contributed by atoms with Gasteiger partial charge in [-0.15, -0.1) is 0 Å². The maximum Gasteiger partial charge on any atom is 0.186 e. The number of hydrogen-bond donors (Lipinski definition) is 2. The summed E-state index contributed by atoms with van der Waals surface area (Å²) in [5.74, 6) is 0.0502. The molecule has 0 fully saturated rings. The summed E-state index contributed by atoms with van der Waals surface area (Å²) in [6.07, 6.45) is 1.64. The monoisotopic (exact) mass is 216 g/mol. The molecule has 2 aromatic rings. The molecule has 0 aliphatic heterocycles. The first kappa shape index (κ1) is 10.2. The first-order valence-corrected chi connectivity index (χ1v) is 4.78. The summed E-state index contributed by atoms with van der Waals surface area (Å²) >= 11 is 0. The molecule has 0 saturated heterocycles. The Morgan fingerprint density at radius 2 is 2.00 bits per heavy atom. The van der Waals surface area contributed by atoms with E-state index >= 15 is 0 Å². The number of aromatic nitrogens is 3. The standard InChI is InChI=1S/C10H12N6/c11-10(12)13-6-8-7-14-16(15-8)9-4-2-1-3-5-9/h1-5,7H,6H2,(H4,11,12,13). The zero-order valence-electron chi connectivity index (χ0n) is 8.61. The van der Waals surface area contributed by atoms with Crippen molar-refractivity contribution in [3.8, 4) is 5.69 Å². The number of aliphatic imine (C=N–C) groups is 1. The molecule has 0 spiro atoms. The molecule has 82 valence electrons. The van der Waals surface area contributed by atoms with Crippen LogP contribution in [0.4, 0.5) is 0 Å². The Balaban J connectivity index is 2.17. The van der Waals surface area contributed by atoms with E-state index in [1.807, 2.05) is 30.3 Å². The molecule has 1 aromatic heterocycles. The molecule has 0 aliphatic rings. The van der Waals surface area contributed by atoms with Crippen molar-refractivity contribution in [2.45, 2.75) is 6.54 Å². The van der Waals surface area contributed by atoms with Gasteiger partial charge in [0.1, 0.15) is 5.69 Å². The van der Waals surface area contributed by atoms with E-state index in [-0.39, 0.29) is 5.96 Å². The first-order chi connectivity index (χ1) is 7.75. The molecule has 0 aliphatic carbocycles. The van der Waals surface area contributed by atoms with Crippen LogP contribution in [-0.4, -0.2) is 21.0 Å². The number of rotatable bonds is 3. The summed E-state index contributed by atoms with van der Waals surface area (Å²) in [6.45, 7) is 0.342. The summed E-state index contributed by atoms with van der Waals surface area (Å²) < 4.78 is 0. The van der Waals surface area contributed by atoms with Crippen LogP contribution >= 0.6 is 0 Å². The van der Waals surface area contributed by atoms with E-state index in [0.29, 0.717) is 6.54 Å². The van der Waals surface area contributed by atoms with Crippen molar-refractivity contribution in [3.05, 3.63) is 42.2 Å². The van der Waals surface area contributed by atoms with Crippen molar-refractivity contribution in [1.29, 1.82) is 0 Å². The molecule has 0 saturated carbocycles. The number of benzene rings is 1. The molecule has 16 heavy (non-hydrogen) atoms. The molecule has 0 amide bonds. The van der Waals surface area contributed by atoms with Crippen LogP contribution in [0.2, 0.25) is 0 Å². The normalized spacial score (nSPS) is 10.0. The molecule has 1 aromatic carbocycles. The van der Waals surface area contributed by atoms with Crippen molar-refractivity contribution in [2.24, 2.45) is 16.5 Å². The molecule has 4 N–H and O–H groups in total. The van der Waals surface area contributed by atoms with E-state index in [9.17, 15) is 0 Å². The second-order valence-corrected chi connectivity index (χ2v) is 3.20. The number of nitrogens with two attached hydrogens (primary N) is 2. The molecule has 1 heterocycles. The van der Waals surface area contributed by atoms with Gasteiger partial charge in [-0.05, 0) is 12.1 Å². The summed E-state index contributed by atoms with van der Waals surface area (Å²) in [7, 11) is 0. The Morgan fingerprint density at radius 3 is 2.69 bits per heavy atom. The van der Waals surface area contributed by atoms with E-state index in [0.717, 1.165) is 11.4 Å². The molecule has 6 heteroatoms. The molecular formula is C10H12N6. The fraction of sp³-hybridized carbons (Fsp3) is 0.100. The van der Waals surface area contributed by atoms with Crippen molar-refractivity contribution in [3.63, 3.8) is 0 Å². The summed E-state index contributed by atoms with van der Waals surface area (Å²) in [4.78, 5) is 5.40. The maximum atomic E-state index is 5.23. The van der Waals surface area contributed by atoms with Crippen LogP contribution in [0.1, 0.15) is 5.69 Å². The van der Waals surface area contributed by atoms with E-state index in [2.05, 4.69) is 15.2 Å². The zero-order valence-corrected chi connectivity index (χ0v) is 8.61. The van der Waals surface area contributed by atoms with Gasteiger partial charge in [0.15, 0.2) is 5.96 Å². The lowest BCUT2D eigenvalue weighted by molar-refractivity contribution is 0.738. The average molecular weight is 216 g/mol. The molecular weight excluding hydrogens is 204 g/mol. The van der Waals surface area contributed by atoms with Crippen LogP contribution in [0.15, 0.2) is 41.5 Å². The third-order valence-corrected chi connectivity index (χ3v) is 1.95. The third kappa shape index (κ3) is 2.35. The Labute approximate surface area is 92.6 Å². The topological polar surface area (TPSA) is 95.1 Å². The number of para-hydroxylation sites is 1. The van der Waals surface area contributed by atoms with Crippen LogP contribution in [0.5, 0.6) is 0 Å². The highest BCUT2D eigenvalue weighted by Gasteiger charge is 2.01. The smallest absolute Gasteiger partial charge is 0.186 e. The SMILES string of the molecule is NC(N)=NCc1cnn(-c2ccccc2)n1. The van der Waals surface area contributed by atoms with E-state index < -0.39 is 0 Å². The Kier molecular flexibility index (Phi) is 2.81. The Morgan fingerprint density at radius 1 is 1.25 bits per heavy atom. The summed E-state index contributed by atoms with van der Waals surface area (Å²) in [6, 6.07) is 9.63. The summed E-state index contributed by atoms with van der Waals surface area (Å²) in [5.41, 5.74) is 12.1. The van der Waals surface area contributed by atoms with Crippen LogP contribution in [0, 0.1) is 0 Å². The Bertz CT molecular complexity index is 483. The van der Waals surface area contributed by atoms with E-state index in [4.69, 9.17) is 11.5 Å². The van der Waals surface area contributed by atoms with Crippen molar-refractivity contribution < 1.29 is 0 Å². The van der Waals surface area contributed by atoms with Crippen molar-refractivity contribution in [1.82, 2.24) is 15.0 Å². The highest BCUT2D eigenvalue weighted by Crippen LogP contribution is 2.04. The minimum absolute atomic E-state index is 0.0502. The lowest BCUT2D eigenvalue weighted by Crippen LogP contribution is -2.22. The van der Waals surface area contributed by atoms with Crippen molar-refractivity contribution in [2.75, 3.05) is 0 Å². The predicted octanol–water partition coefficient (Wildman–Crippen LogP) is 0.0407. The maximum absolute atomic E-state index is 5.23. The second kappa shape index (κ2) is 4.43. The summed E-state index contributed by atoms with van der Waals surface area (Å²) in [5, 5.41) is 8.36. The van der Waals surface area contributed by atoms with E-state index in [1.54, 1.807) is 6.20 Å². The first-order valence-electron chi connectivity index (χ1n) is 4.78. The number of nitrogens with zero attached hydrogens (tertiary/aromatic N) is 4. The van der Waals surface area contributed by atoms with Gasteiger partial charge in [0, 0.05) is 0 Å². The molecule has 0 radical (unpaired) electrons. The van der Waals surface area contributed by atoms with Gasteiger partial charge >= 0.3 is 0 Å². The van der Waals surface area contributed by atoms with Gasteiger partial charge in [0.2, 0.25) is 0 Å². The molecule has 0 atom stereocenters. The third-order valence-electron chi connectivity index (χ3n) is 1.95. The predicted molar refractivity (Wildman–Crippen MR) is 60.9 cm³/mol. The van der Waals surface area contributed by atoms with Gasteiger partial charge in [-0.1, -0.05) is 18.2 Å². The highest BCUT2D eigenvalue weighted by atomic mass is 15.5. The largest absolute Gasteiger partial charge is 0.370 e. The van der Waals surface area contributed by atoms with Crippen molar-refractivity contribution >= 4 is 5.96 Å². The lowest BCUT2D eigenvalue weighted by atomic mass is 10.3. The quantitative estimate of drug-likeness (QED) is 0.559. The fourth-order valence-corrected chi connectivity index (χ4v) is 1.23. The average Bonchev–Trinajstić information content (AvgIpc) is 2.76. The van der Waals surface area contributed by atoms with Gasteiger partial charge in [0.25, 0.3) is 0 Å². The van der Waals surface area contributed by atoms with Gasteiger partial charge in [-0.2, -0.15) is 15.0 Å². The zero-order chi connectivity index (χ0) is 11.4. The van der Waals surface area contributed by atoms with Crippen LogP contribution in [0.3, 0.4) is 0 Å². The molecule has 6 nitrogen and oxygen atoms in total. The van der Waals surface area contributed by atoms with Crippen LogP contribution in [0.25, 0.3) is 5.69 Å².